The highest BCUT2D eigenvalue weighted by Crippen LogP contribution is 2.30. The molecule has 0 aromatic carbocycles. The molecule has 15 heavy (non-hydrogen) atoms. The van der Waals surface area contributed by atoms with E-state index in [1.807, 2.05) is 11.6 Å². The molecule has 0 aliphatic heterocycles. The third-order valence-electron chi connectivity index (χ3n) is 3.00. The molecule has 82 valence electrons. The van der Waals surface area contributed by atoms with Crippen molar-refractivity contribution >= 4 is 5.97 Å². The molecular formula is C10H15N3O2. The monoisotopic (exact) mass is 209 g/mol. The van der Waals surface area contributed by atoms with Gasteiger partial charge >= 0.3 is 5.97 Å². The van der Waals surface area contributed by atoms with Crippen molar-refractivity contribution in [1.82, 2.24) is 15.0 Å². The molecular weight excluding hydrogens is 194 g/mol. The fraction of sp³-hybridized carbons (Fsp3) is 0.700. The maximum absolute atomic E-state index is 10.9. The minimum Gasteiger partial charge on any atom is -0.476 e. The zero-order chi connectivity index (χ0) is 10.8. The Hall–Kier alpha value is -1.39. The van der Waals surface area contributed by atoms with Crippen LogP contribution in [0, 0.1) is 0 Å². The van der Waals surface area contributed by atoms with E-state index in [-0.39, 0.29) is 5.69 Å². The van der Waals surface area contributed by atoms with Gasteiger partial charge in [0.1, 0.15) is 0 Å². The fourth-order valence-electron chi connectivity index (χ4n) is 2.25. The van der Waals surface area contributed by atoms with Crippen LogP contribution in [0.25, 0.3) is 0 Å². The first-order valence-electron chi connectivity index (χ1n) is 5.41. The quantitative estimate of drug-likeness (QED) is 0.821. The van der Waals surface area contributed by atoms with Crippen molar-refractivity contribution in [2.24, 2.45) is 0 Å². The van der Waals surface area contributed by atoms with Gasteiger partial charge in [0.2, 0.25) is 0 Å². The Labute approximate surface area is 88.1 Å². The van der Waals surface area contributed by atoms with Crippen molar-refractivity contribution in [3.8, 4) is 0 Å². The van der Waals surface area contributed by atoms with Crippen molar-refractivity contribution in [1.29, 1.82) is 0 Å². The van der Waals surface area contributed by atoms with Gasteiger partial charge in [-0.3, -0.25) is 0 Å². The van der Waals surface area contributed by atoms with Crippen LogP contribution in [0.4, 0.5) is 0 Å². The zero-order valence-corrected chi connectivity index (χ0v) is 8.81. The van der Waals surface area contributed by atoms with Crippen LogP contribution in [0.1, 0.15) is 54.8 Å². The summed E-state index contributed by atoms with van der Waals surface area (Å²) in [6.45, 7) is 1.94. The maximum Gasteiger partial charge on any atom is 0.358 e. The predicted molar refractivity (Wildman–Crippen MR) is 53.9 cm³/mol. The molecule has 0 bridgehead atoms. The first-order valence-corrected chi connectivity index (χ1v) is 5.41. The summed E-state index contributed by atoms with van der Waals surface area (Å²) >= 11 is 0. The lowest BCUT2D eigenvalue weighted by Crippen LogP contribution is -2.11. The highest BCUT2D eigenvalue weighted by Gasteiger charge is 2.24. The molecule has 1 N–H and O–H groups in total. The molecule has 0 saturated heterocycles. The third kappa shape index (κ3) is 1.73. The van der Waals surface area contributed by atoms with Crippen LogP contribution < -0.4 is 0 Å². The average molecular weight is 209 g/mol. The van der Waals surface area contributed by atoms with Gasteiger partial charge in [0.25, 0.3) is 0 Å². The van der Waals surface area contributed by atoms with E-state index in [9.17, 15) is 4.79 Å². The number of carboxylic acids is 1. The van der Waals surface area contributed by atoms with E-state index in [4.69, 9.17) is 5.11 Å². The van der Waals surface area contributed by atoms with Crippen LogP contribution >= 0.6 is 0 Å². The normalized spacial score (nSPS) is 17.1. The summed E-state index contributed by atoms with van der Waals surface area (Å²) in [5.41, 5.74) is 0.874. The van der Waals surface area contributed by atoms with Crippen molar-refractivity contribution in [3.63, 3.8) is 0 Å². The molecule has 1 aliphatic rings. The molecule has 0 amide bonds. The van der Waals surface area contributed by atoms with Crippen molar-refractivity contribution in [3.05, 3.63) is 11.4 Å². The lowest BCUT2D eigenvalue weighted by atomic mass is 10.2. The van der Waals surface area contributed by atoms with Gasteiger partial charge in [0.15, 0.2) is 5.69 Å². The second-order valence-corrected chi connectivity index (χ2v) is 3.93. The molecule has 1 aromatic rings. The van der Waals surface area contributed by atoms with Gasteiger partial charge in [-0.2, -0.15) is 0 Å². The minimum absolute atomic E-state index is 0.115. The van der Waals surface area contributed by atoms with Gasteiger partial charge < -0.3 is 5.11 Å². The van der Waals surface area contributed by atoms with Gasteiger partial charge in [-0.15, -0.1) is 5.10 Å². The lowest BCUT2D eigenvalue weighted by molar-refractivity contribution is 0.0689. The topological polar surface area (TPSA) is 68.0 Å². The smallest absolute Gasteiger partial charge is 0.358 e. The first-order chi connectivity index (χ1) is 7.24. The molecule has 0 spiro atoms. The third-order valence-corrected chi connectivity index (χ3v) is 3.00. The van der Waals surface area contributed by atoms with Crippen molar-refractivity contribution in [2.45, 2.75) is 45.1 Å². The Kier molecular flexibility index (Phi) is 2.70. The largest absolute Gasteiger partial charge is 0.476 e. The molecule has 1 heterocycles. The molecule has 0 unspecified atom stereocenters. The average Bonchev–Trinajstić information content (AvgIpc) is 2.85. The van der Waals surface area contributed by atoms with Gasteiger partial charge in [-0.25, -0.2) is 9.48 Å². The fourth-order valence-corrected chi connectivity index (χ4v) is 2.25. The highest BCUT2D eigenvalue weighted by molar-refractivity contribution is 5.86. The summed E-state index contributed by atoms with van der Waals surface area (Å²) in [6.07, 6.45) is 5.27. The maximum atomic E-state index is 10.9. The van der Waals surface area contributed by atoms with E-state index in [1.165, 1.54) is 12.8 Å². The molecule has 2 rings (SSSR count). The SMILES string of the molecule is CCc1c(C(=O)O)nnn1C1CCCC1. The summed E-state index contributed by atoms with van der Waals surface area (Å²) in [6, 6.07) is 0.362. The lowest BCUT2D eigenvalue weighted by Gasteiger charge is -2.11. The first kappa shape index (κ1) is 10.1. The number of carboxylic acid groups (broad SMARTS) is 1. The number of carbonyl (C=O) groups is 1. The number of hydrogen-bond donors (Lipinski definition) is 1. The minimum atomic E-state index is -0.976. The molecule has 5 nitrogen and oxygen atoms in total. The van der Waals surface area contributed by atoms with Crippen LogP contribution in [-0.2, 0) is 6.42 Å². The van der Waals surface area contributed by atoms with Crippen molar-refractivity contribution < 1.29 is 9.90 Å². The van der Waals surface area contributed by atoms with Gasteiger partial charge in [0.05, 0.1) is 11.7 Å². The number of aromatic carboxylic acids is 1. The van der Waals surface area contributed by atoms with Crippen LogP contribution in [0.5, 0.6) is 0 Å². The second-order valence-electron chi connectivity index (χ2n) is 3.93. The number of rotatable bonds is 3. The second kappa shape index (κ2) is 4.00. The van der Waals surface area contributed by atoms with Crippen LogP contribution in [0.2, 0.25) is 0 Å². The Morgan fingerprint density at radius 3 is 2.73 bits per heavy atom. The Morgan fingerprint density at radius 1 is 1.53 bits per heavy atom. The van der Waals surface area contributed by atoms with E-state index in [2.05, 4.69) is 10.3 Å². The van der Waals surface area contributed by atoms with E-state index in [0.29, 0.717) is 12.5 Å². The summed E-state index contributed by atoms with van der Waals surface area (Å²) in [7, 11) is 0. The Balaban J connectivity index is 2.34. The van der Waals surface area contributed by atoms with E-state index < -0.39 is 5.97 Å². The van der Waals surface area contributed by atoms with E-state index in [1.54, 1.807) is 0 Å². The molecule has 1 aliphatic carbocycles. The number of hydrogen-bond acceptors (Lipinski definition) is 3. The van der Waals surface area contributed by atoms with Crippen LogP contribution in [0.15, 0.2) is 0 Å². The van der Waals surface area contributed by atoms with E-state index >= 15 is 0 Å². The number of aromatic nitrogens is 3. The van der Waals surface area contributed by atoms with Crippen LogP contribution in [0.3, 0.4) is 0 Å². The highest BCUT2D eigenvalue weighted by atomic mass is 16.4. The number of nitrogens with zero attached hydrogens (tertiary/aromatic N) is 3. The standard InChI is InChI=1S/C10H15N3O2/c1-2-8-9(10(14)15)11-12-13(8)7-5-3-4-6-7/h7H,2-6H2,1H3,(H,14,15). The molecule has 0 radical (unpaired) electrons. The van der Waals surface area contributed by atoms with Crippen LogP contribution in [-0.4, -0.2) is 26.1 Å². The van der Waals surface area contributed by atoms with Crippen molar-refractivity contribution in [2.75, 3.05) is 0 Å². The van der Waals surface area contributed by atoms with Gasteiger partial charge in [0, 0.05) is 0 Å². The van der Waals surface area contributed by atoms with Gasteiger partial charge in [-0.1, -0.05) is 25.0 Å². The zero-order valence-electron chi connectivity index (χ0n) is 8.81. The predicted octanol–water partition coefficient (Wildman–Crippen LogP) is 1.65. The molecule has 0 atom stereocenters. The summed E-state index contributed by atoms with van der Waals surface area (Å²) in [5, 5.41) is 16.7. The Bertz CT molecular complexity index is 367. The summed E-state index contributed by atoms with van der Waals surface area (Å²) < 4.78 is 1.82. The molecule has 1 saturated carbocycles. The molecule has 5 heteroatoms. The summed E-state index contributed by atoms with van der Waals surface area (Å²) in [5.74, 6) is -0.976. The summed E-state index contributed by atoms with van der Waals surface area (Å²) in [4.78, 5) is 10.9. The molecule has 1 aromatic heterocycles. The van der Waals surface area contributed by atoms with E-state index in [0.717, 1.165) is 18.5 Å². The van der Waals surface area contributed by atoms with Gasteiger partial charge in [-0.05, 0) is 19.3 Å². The Morgan fingerprint density at radius 2 is 2.20 bits per heavy atom. The molecule has 1 fully saturated rings.